The van der Waals surface area contributed by atoms with Gasteiger partial charge in [0, 0.05) is 50.4 Å². The number of aromatic nitrogens is 3. The highest BCUT2D eigenvalue weighted by atomic mass is 15.4. The van der Waals surface area contributed by atoms with Gasteiger partial charge in [0.15, 0.2) is 0 Å². The Labute approximate surface area is 359 Å². The lowest BCUT2D eigenvalue weighted by Crippen LogP contribution is -2.54. The number of anilines is 1. The molecule has 0 saturated heterocycles. The third-order valence-electron chi connectivity index (χ3n) is 14.4. The maximum atomic E-state index is 5.89. The predicted molar refractivity (Wildman–Crippen MR) is 257 cm³/mol. The summed E-state index contributed by atoms with van der Waals surface area (Å²) in [6.45, 7) is 22.7. The summed E-state index contributed by atoms with van der Waals surface area (Å²) >= 11 is 0. The minimum atomic E-state index is -0.439. The number of rotatable bonds is 5. The van der Waals surface area contributed by atoms with Crippen LogP contribution in [0.3, 0.4) is 0 Å². The molecule has 0 spiro atoms. The van der Waals surface area contributed by atoms with Gasteiger partial charge in [0.05, 0.1) is 22.1 Å². The third-order valence-corrected chi connectivity index (χ3v) is 14.4. The fourth-order valence-corrected chi connectivity index (χ4v) is 11.2. The van der Waals surface area contributed by atoms with Crippen molar-refractivity contribution in [2.24, 2.45) is 4.99 Å². The predicted octanol–water partition coefficient (Wildman–Crippen LogP) is 13.7. The highest BCUT2D eigenvalue weighted by Crippen LogP contribution is 2.56. The van der Waals surface area contributed by atoms with E-state index in [4.69, 9.17) is 9.98 Å². The third kappa shape index (κ3) is 5.25. The molecule has 4 heterocycles. The molecule has 1 aliphatic carbocycles. The van der Waals surface area contributed by atoms with E-state index in [0.29, 0.717) is 5.92 Å². The van der Waals surface area contributed by atoms with Gasteiger partial charge in [-0.1, -0.05) is 91.2 Å². The summed E-state index contributed by atoms with van der Waals surface area (Å²) in [4.78, 5) is 13.5. The van der Waals surface area contributed by atoms with Gasteiger partial charge in [0.25, 0.3) is 0 Å². The lowest BCUT2D eigenvalue weighted by molar-refractivity contribution is 0.321. The van der Waals surface area contributed by atoms with Crippen LogP contribution in [-0.2, 0) is 12.0 Å². The van der Waals surface area contributed by atoms with E-state index >= 15 is 0 Å². The molecule has 0 bridgehead atoms. The van der Waals surface area contributed by atoms with Crippen LogP contribution in [0.15, 0.2) is 126 Å². The average molecular weight is 796 g/mol. The molecule has 61 heavy (non-hydrogen) atoms. The molecule has 1 aliphatic heterocycles. The van der Waals surface area contributed by atoms with Crippen LogP contribution in [0.5, 0.6) is 0 Å². The lowest BCUT2D eigenvalue weighted by atomic mass is 9.79. The van der Waals surface area contributed by atoms with Crippen LogP contribution in [0.1, 0.15) is 89.2 Å². The molecule has 0 radical (unpaired) electrons. The zero-order valence-electron chi connectivity index (χ0n) is 37.1. The molecule has 11 rings (SSSR count). The normalized spacial score (nSPS) is 18.6. The van der Waals surface area contributed by atoms with Crippen molar-refractivity contribution >= 4 is 55.3 Å². The van der Waals surface area contributed by atoms with E-state index in [1.807, 2.05) is 6.20 Å². The molecule has 9 aromatic rings. The molecule has 0 amide bonds. The van der Waals surface area contributed by atoms with Crippen molar-refractivity contribution in [3.63, 3.8) is 0 Å². The van der Waals surface area contributed by atoms with Crippen molar-refractivity contribution in [2.75, 3.05) is 4.90 Å². The minimum Gasteiger partial charge on any atom is -0.317 e. The van der Waals surface area contributed by atoms with Gasteiger partial charge in [-0.2, -0.15) is 0 Å². The average Bonchev–Trinajstić information content (AvgIpc) is 3.86. The summed E-state index contributed by atoms with van der Waals surface area (Å²) in [5, 5.41) is 4.89. The summed E-state index contributed by atoms with van der Waals surface area (Å²) in [6.07, 6.45) is 2.84. The van der Waals surface area contributed by atoms with E-state index in [-0.39, 0.29) is 5.54 Å². The topological polar surface area (TPSA) is 38.4 Å². The summed E-state index contributed by atoms with van der Waals surface area (Å²) < 4.78 is 4.84. The molecule has 5 nitrogen and oxygen atoms in total. The van der Waals surface area contributed by atoms with Crippen molar-refractivity contribution < 1.29 is 0 Å². The number of aliphatic imine (C=N–C) groups is 1. The van der Waals surface area contributed by atoms with E-state index in [0.717, 1.165) is 34.8 Å². The van der Waals surface area contributed by atoms with Gasteiger partial charge in [0.1, 0.15) is 17.0 Å². The smallest absolute Gasteiger partial charge is 0.145 e. The highest BCUT2D eigenvalue weighted by molar-refractivity contribution is 6.15. The Kier molecular flexibility index (Phi) is 8.01. The van der Waals surface area contributed by atoms with Crippen LogP contribution in [0.25, 0.3) is 55.1 Å². The van der Waals surface area contributed by atoms with E-state index in [1.165, 1.54) is 93.9 Å². The monoisotopic (exact) mass is 795 g/mol. The molecule has 0 unspecified atom stereocenters. The van der Waals surface area contributed by atoms with Crippen LogP contribution >= 0.6 is 0 Å². The summed E-state index contributed by atoms with van der Waals surface area (Å²) in [5.74, 6) is 1.47. The molecule has 0 saturated carbocycles. The quantitative estimate of drug-likeness (QED) is 0.174. The van der Waals surface area contributed by atoms with Gasteiger partial charge in [-0.3, -0.25) is 9.56 Å². The second-order valence-electron chi connectivity index (χ2n) is 18.9. The van der Waals surface area contributed by atoms with E-state index in [1.54, 1.807) is 0 Å². The van der Waals surface area contributed by atoms with Gasteiger partial charge >= 0.3 is 0 Å². The zero-order chi connectivity index (χ0) is 42.3. The lowest BCUT2D eigenvalue weighted by Gasteiger charge is -2.43. The number of nitrogens with zero attached hydrogens (tertiary/aromatic N) is 5. The Hall–Kier alpha value is -6.46. The fourth-order valence-electron chi connectivity index (χ4n) is 11.2. The molecule has 2 atom stereocenters. The first kappa shape index (κ1) is 37.5. The Bertz CT molecular complexity index is 3350. The highest BCUT2D eigenvalue weighted by Gasteiger charge is 2.61. The van der Waals surface area contributed by atoms with Crippen molar-refractivity contribution in [3.05, 3.63) is 177 Å². The maximum Gasteiger partial charge on any atom is 0.145 e. The minimum absolute atomic E-state index is 0.306. The van der Waals surface area contributed by atoms with E-state index in [9.17, 15) is 0 Å². The van der Waals surface area contributed by atoms with Crippen molar-refractivity contribution in [2.45, 2.75) is 92.7 Å². The molecule has 5 heteroatoms. The second kappa shape index (κ2) is 13.0. The van der Waals surface area contributed by atoms with Gasteiger partial charge in [0.2, 0.25) is 0 Å². The molecular weight excluding hydrogens is 743 g/mol. The van der Waals surface area contributed by atoms with Gasteiger partial charge in [-0.05, 0) is 156 Å². The number of pyridine rings is 1. The van der Waals surface area contributed by atoms with Crippen molar-refractivity contribution in [1.29, 1.82) is 0 Å². The second-order valence-corrected chi connectivity index (χ2v) is 18.9. The van der Waals surface area contributed by atoms with Crippen LogP contribution in [0, 0.1) is 41.5 Å². The van der Waals surface area contributed by atoms with Crippen molar-refractivity contribution in [1.82, 2.24) is 14.1 Å². The summed E-state index contributed by atoms with van der Waals surface area (Å²) in [7, 11) is 0. The Morgan fingerprint density at radius 3 is 2.10 bits per heavy atom. The SMILES string of the molecule is Cc1cc(C)c(N2C(c3ccc(C)c(-n4c5ccc(C)cc5c5ccc(-n6c7ccc(C(C)C)cc7c7cccnc76)cc54)c3)=N[C@]3(C)c4ccc(C)cc4C[C@]23C)c(C)c1. The molecule has 0 fully saturated rings. The van der Waals surface area contributed by atoms with Gasteiger partial charge < -0.3 is 9.47 Å². The van der Waals surface area contributed by atoms with Crippen molar-refractivity contribution in [3.8, 4) is 11.4 Å². The number of amidine groups is 1. The first-order valence-electron chi connectivity index (χ1n) is 21.9. The van der Waals surface area contributed by atoms with Crippen LogP contribution in [-0.4, -0.2) is 25.5 Å². The van der Waals surface area contributed by atoms with Gasteiger partial charge in [-0.25, -0.2) is 4.98 Å². The standard InChI is InChI=1S/C56H53N5/c1-32(2)39-17-22-48-46(28-39)44-12-11-23-57-54(44)59(48)42-18-19-43-45-27-34(4)14-21-49(45)60(51(43)30-42)50-29-40(16-15-36(50)6)53-58-56(10)47-20-13-33(3)26-41(47)31-55(56,9)61(53)52-37(7)24-35(5)25-38(52)8/h11-30,32H,31H2,1-10H3/t55-,56+/m0/s1. The summed E-state index contributed by atoms with van der Waals surface area (Å²) in [6, 6.07) is 43.7. The Morgan fingerprint density at radius 2 is 1.31 bits per heavy atom. The summed E-state index contributed by atoms with van der Waals surface area (Å²) in [5.41, 5.74) is 20.0. The molecular formula is C56H53N5. The molecule has 3 aromatic heterocycles. The molecule has 302 valence electrons. The number of benzene rings is 6. The van der Waals surface area contributed by atoms with Crippen LogP contribution < -0.4 is 4.90 Å². The number of hydrogen-bond donors (Lipinski definition) is 0. The zero-order valence-corrected chi connectivity index (χ0v) is 37.1. The maximum absolute atomic E-state index is 5.89. The van der Waals surface area contributed by atoms with E-state index in [2.05, 4.69) is 199 Å². The number of hydrogen-bond acceptors (Lipinski definition) is 3. The first-order chi connectivity index (χ1) is 29.3. The van der Waals surface area contributed by atoms with Crippen LogP contribution in [0.4, 0.5) is 5.69 Å². The Balaban J connectivity index is 1.16. The Morgan fingerprint density at radius 1 is 0.590 bits per heavy atom. The molecule has 6 aromatic carbocycles. The number of aryl methyl sites for hydroxylation is 6. The van der Waals surface area contributed by atoms with E-state index < -0.39 is 5.54 Å². The van der Waals surface area contributed by atoms with Gasteiger partial charge in [-0.15, -0.1) is 0 Å². The fraction of sp³-hybridized carbons (Fsp3) is 0.250. The molecule has 0 N–H and O–H groups in total. The molecule has 2 aliphatic rings. The largest absolute Gasteiger partial charge is 0.317 e. The first-order valence-corrected chi connectivity index (χ1v) is 21.9. The van der Waals surface area contributed by atoms with Crippen LogP contribution in [0.2, 0.25) is 0 Å². The number of fused-ring (bicyclic) bond motifs is 9.